The molecule has 0 fully saturated rings. The molecular formula is C11H11FN2O3. The minimum Gasteiger partial charge on any atom is -0.497 e. The summed E-state index contributed by atoms with van der Waals surface area (Å²) < 4.78 is 28.7. The van der Waals surface area contributed by atoms with Crippen molar-refractivity contribution in [3.8, 4) is 22.6 Å². The largest absolute Gasteiger partial charge is 0.497 e. The predicted octanol–water partition coefficient (Wildman–Crippen LogP) is 2.08. The third kappa shape index (κ3) is 1.89. The van der Waals surface area contributed by atoms with Crippen LogP contribution in [0.3, 0.4) is 0 Å². The number of ether oxygens (including phenoxy) is 2. The molecule has 1 aromatic heterocycles. The first-order chi connectivity index (χ1) is 8.17. The van der Waals surface area contributed by atoms with Gasteiger partial charge in [0, 0.05) is 11.6 Å². The molecule has 90 valence electrons. The van der Waals surface area contributed by atoms with Crippen LogP contribution in [0.1, 0.15) is 0 Å². The summed E-state index contributed by atoms with van der Waals surface area (Å²) in [5.41, 5.74) is 6.13. The number of aromatic nitrogens is 1. The SMILES string of the molecule is COc1cc(OC)c(F)c(-c2cnoc2N)c1. The van der Waals surface area contributed by atoms with Gasteiger partial charge in [-0.1, -0.05) is 5.16 Å². The summed E-state index contributed by atoms with van der Waals surface area (Å²) in [6.45, 7) is 0. The maximum absolute atomic E-state index is 14.0. The Kier molecular flexibility index (Phi) is 2.86. The highest BCUT2D eigenvalue weighted by Crippen LogP contribution is 2.36. The van der Waals surface area contributed by atoms with Gasteiger partial charge in [-0.2, -0.15) is 0 Å². The van der Waals surface area contributed by atoms with Gasteiger partial charge < -0.3 is 19.7 Å². The van der Waals surface area contributed by atoms with E-state index in [9.17, 15) is 4.39 Å². The first kappa shape index (κ1) is 11.3. The fraction of sp³-hybridized carbons (Fsp3) is 0.182. The lowest BCUT2D eigenvalue weighted by molar-refractivity contribution is 0.375. The van der Waals surface area contributed by atoms with Gasteiger partial charge in [-0.15, -0.1) is 0 Å². The first-order valence-electron chi connectivity index (χ1n) is 4.79. The van der Waals surface area contributed by atoms with Gasteiger partial charge in [-0.25, -0.2) is 4.39 Å². The third-order valence-electron chi connectivity index (χ3n) is 2.36. The molecule has 1 heterocycles. The van der Waals surface area contributed by atoms with Crippen LogP contribution in [0.25, 0.3) is 11.1 Å². The Morgan fingerprint density at radius 1 is 1.24 bits per heavy atom. The van der Waals surface area contributed by atoms with Gasteiger partial charge in [0.15, 0.2) is 11.6 Å². The highest BCUT2D eigenvalue weighted by atomic mass is 19.1. The van der Waals surface area contributed by atoms with Gasteiger partial charge in [-0.3, -0.25) is 0 Å². The van der Waals surface area contributed by atoms with Crippen molar-refractivity contribution < 1.29 is 18.4 Å². The summed E-state index contributed by atoms with van der Waals surface area (Å²) in [4.78, 5) is 0. The molecule has 6 heteroatoms. The number of benzene rings is 1. The number of halogens is 1. The Balaban J connectivity index is 2.64. The number of anilines is 1. The molecule has 17 heavy (non-hydrogen) atoms. The number of methoxy groups -OCH3 is 2. The van der Waals surface area contributed by atoms with Gasteiger partial charge >= 0.3 is 0 Å². The Morgan fingerprint density at radius 2 is 2.00 bits per heavy atom. The molecule has 2 rings (SSSR count). The molecule has 0 aliphatic rings. The second kappa shape index (κ2) is 4.32. The number of nitrogen functional groups attached to an aromatic ring is 1. The van der Waals surface area contributed by atoms with Crippen LogP contribution in [-0.2, 0) is 0 Å². The monoisotopic (exact) mass is 238 g/mol. The Morgan fingerprint density at radius 3 is 2.53 bits per heavy atom. The maximum atomic E-state index is 14.0. The van der Waals surface area contributed by atoms with E-state index in [2.05, 4.69) is 5.16 Å². The normalized spacial score (nSPS) is 10.3. The van der Waals surface area contributed by atoms with Crippen molar-refractivity contribution in [1.82, 2.24) is 5.16 Å². The summed E-state index contributed by atoms with van der Waals surface area (Å²) >= 11 is 0. The third-order valence-corrected chi connectivity index (χ3v) is 2.36. The molecule has 0 spiro atoms. The molecule has 0 saturated carbocycles. The first-order valence-corrected chi connectivity index (χ1v) is 4.79. The number of hydrogen-bond donors (Lipinski definition) is 1. The van der Waals surface area contributed by atoms with E-state index >= 15 is 0 Å². The van der Waals surface area contributed by atoms with E-state index in [1.54, 1.807) is 0 Å². The van der Waals surface area contributed by atoms with Crippen LogP contribution in [-0.4, -0.2) is 19.4 Å². The second-order valence-electron chi connectivity index (χ2n) is 3.29. The lowest BCUT2D eigenvalue weighted by atomic mass is 10.1. The Labute approximate surface area is 96.9 Å². The lowest BCUT2D eigenvalue weighted by Gasteiger charge is -2.09. The van der Waals surface area contributed by atoms with Crippen molar-refractivity contribution in [2.45, 2.75) is 0 Å². The van der Waals surface area contributed by atoms with Crippen LogP contribution in [0.4, 0.5) is 10.3 Å². The average molecular weight is 238 g/mol. The summed E-state index contributed by atoms with van der Waals surface area (Å²) in [6, 6.07) is 2.95. The minimum absolute atomic E-state index is 0.0409. The zero-order valence-corrected chi connectivity index (χ0v) is 9.36. The molecule has 1 aromatic carbocycles. The molecule has 0 unspecified atom stereocenters. The molecule has 0 aliphatic heterocycles. The number of hydrogen-bond acceptors (Lipinski definition) is 5. The van der Waals surface area contributed by atoms with E-state index < -0.39 is 5.82 Å². The van der Waals surface area contributed by atoms with Gasteiger partial charge in [0.1, 0.15) is 5.75 Å². The van der Waals surface area contributed by atoms with E-state index in [-0.39, 0.29) is 17.2 Å². The van der Waals surface area contributed by atoms with Crippen LogP contribution in [0, 0.1) is 5.82 Å². The van der Waals surface area contributed by atoms with Gasteiger partial charge in [0.05, 0.1) is 26.0 Å². The summed E-state index contributed by atoms with van der Waals surface area (Å²) in [5.74, 6) is 0.0289. The van der Waals surface area contributed by atoms with Crippen molar-refractivity contribution >= 4 is 5.88 Å². The topological polar surface area (TPSA) is 70.5 Å². The molecule has 0 aliphatic carbocycles. The lowest BCUT2D eigenvalue weighted by Crippen LogP contribution is -1.95. The van der Waals surface area contributed by atoms with Crippen molar-refractivity contribution in [3.05, 3.63) is 24.1 Å². The molecule has 0 radical (unpaired) electrons. The molecule has 5 nitrogen and oxygen atoms in total. The zero-order chi connectivity index (χ0) is 12.4. The van der Waals surface area contributed by atoms with Crippen molar-refractivity contribution in [2.24, 2.45) is 0 Å². The van der Waals surface area contributed by atoms with E-state index in [1.165, 1.54) is 32.5 Å². The zero-order valence-electron chi connectivity index (χ0n) is 9.36. The molecule has 0 saturated heterocycles. The summed E-state index contributed by atoms with van der Waals surface area (Å²) in [5, 5.41) is 3.50. The van der Waals surface area contributed by atoms with E-state index in [4.69, 9.17) is 19.7 Å². The molecular weight excluding hydrogens is 227 g/mol. The predicted molar refractivity (Wildman–Crippen MR) is 59.4 cm³/mol. The number of rotatable bonds is 3. The highest BCUT2D eigenvalue weighted by molar-refractivity contribution is 5.74. The van der Waals surface area contributed by atoms with Crippen molar-refractivity contribution in [3.63, 3.8) is 0 Å². The van der Waals surface area contributed by atoms with Gasteiger partial charge in [0.25, 0.3) is 0 Å². The van der Waals surface area contributed by atoms with Crippen molar-refractivity contribution in [2.75, 3.05) is 20.0 Å². The standard InChI is InChI=1S/C11H11FN2O3/c1-15-6-3-7(8-5-14-17-11(8)13)10(12)9(4-6)16-2/h3-5H,13H2,1-2H3. The fourth-order valence-electron chi connectivity index (χ4n) is 1.49. The fourth-order valence-corrected chi connectivity index (χ4v) is 1.49. The smallest absolute Gasteiger partial charge is 0.230 e. The highest BCUT2D eigenvalue weighted by Gasteiger charge is 2.17. The molecule has 0 amide bonds. The molecule has 2 aromatic rings. The molecule has 0 atom stereocenters. The molecule has 0 bridgehead atoms. The van der Waals surface area contributed by atoms with E-state index in [1.807, 2.05) is 0 Å². The Bertz CT molecular complexity index is 540. The van der Waals surface area contributed by atoms with E-state index in [0.717, 1.165) is 0 Å². The maximum Gasteiger partial charge on any atom is 0.230 e. The summed E-state index contributed by atoms with van der Waals surface area (Å²) in [7, 11) is 2.85. The van der Waals surface area contributed by atoms with Crippen molar-refractivity contribution in [1.29, 1.82) is 0 Å². The van der Waals surface area contributed by atoms with Gasteiger partial charge in [0.2, 0.25) is 5.88 Å². The van der Waals surface area contributed by atoms with Crippen LogP contribution in [0.5, 0.6) is 11.5 Å². The Hall–Kier alpha value is -2.24. The van der Waals surface area contributed by atoms with E-state index in [0.29, 0.717) is 11.3 Å². The van der Waals surface area contributed by atoms with Crippen LogP contribution < -0.4 is 15.2 Å². The van der Waals surface area contributed by atoms with Gasteiger partial charge in [-0.05, 0) is 6.07 Å². The number of nitrogens with zero attached hydrogens (tertiary/aromatic N) is 1. The average Bonchev–Trinajstić information content (AvgIpc) is 2.76. The van der Waals surface area contributed by atoms with Crippen LogP contribution in [0.2, 0.25) is 0 Å². The quantitative estimate of drug-likeness (QED) is 0.886. The second-order valence-corrected chi connectivity index (χ2v) is 3.29. The number of nitrogens with two attached hydrogens (primary N) is 1. The summed E-state index contributed by atoms with van der Waals surface area (Å²) in [6.07, 6.45) is 1.34. The van der Waals surface area contributed by atoms with Crippen LogP contribution in [0.15, 0.2) is 22.9 Å². The minimum atomic E-state index is -0.539. The van der Waals surface area contributed by atoms with Crippen LogP contribution >= 0.6 is 0 Å². The molecule has 2 N–H and O–H groups in total.